The van der Waals surface area contributed by atoms with Crippen molar-refractivity contribution >= 4 is 17.0 Å². The number of nitrogens with zero attached hydrogens (tertiary/aromatic N) is 2. The SMILES string of the molecule is COc1ccc(C(=O)CN2CC=C(c3ccc(N(C)C)cc3)CC2)cc1. The van der Waals surface area contributed by atoms with Crippen LogP contribution in [-0.4, -0.2) is 51.5 Å². The van der Waals surface area contributed by atoms with Crippen LogP contribution in [0.5, 0.6) is 5.75 Å². The smallest absolute Gasteiger partial charge is 0.176 e. The zero-order chi connectivity index (χ0) is 18.5. The van der Waals surface area contributed by atoms with Crippen LogP contribution in [0.3, 0.4) is 0 Å². The molecule has 0 aromatic heterocycles. The van der Waals surface area contributed by atoms with Crippen molar-refractivity contribution in [2.75, 3.05) is 45.7 Å². The summed E-state index contributed by atoms with van der Waals surface area (Å²) in [4.78, 5) is 16.8. The molecular formula is C22H26N2O2. The molecule has 26 heavy (non-hydrogen) atoms. The highest BCUT2D eigenvalue weighted by Gasteiger charge is 2.17. The Morgan fingerprint density at radius 1 is 1.08 bits per heavy atom. The molecule has 136 valence electrons. The Hall–Kier alpha value is -2.59. The molecule has 0 N–H and O–H groups in total. The summed E-state index contributed by atoms with van der Waals surface area (Å²) in [6.45, 7) is 2.17. The standard InChI is InChI=1S/C22H26N2O2/c1-23(2)20-8-4-17(5-9-20)18-12-14-24(15-13-18)16-22(25)19-6-10-21(26-3)11-7-19/h4-12H,13-16H2,1-3H3. The second-order valence-electron chi connectivity index (χ2n) is 6.81. The summed E-state index contributed by atoms with van der Waals surface area (Å²) in [6.07, 6.45) is 3.21. The molecule has 0 spiro atoms. The van der Waals surface area contributed by atoms with Gasteiger partial charge in [0.1, 0.15) is 5.75 Å². The third-order valence-corrected chi connectivity index (χ3v) is 4.83. The molecule has 0 fully saturated rings. The van der Waals surface area contributed by atoms with Gasteiger partial charge in [0, 0.05) is 38.4 Å². The van der Waals surface area contributed by atoms with Gasteiger partial charge in [-0.25, -0.2) is 0 Å². The first-order chi connectivity index (χ1) is 12.6. The Morgan fingerprint density at radius 3 is 2.31 bits per heavy atom. The van der Waals surface area contributed by atoms with Crippen LogP contribution in [-0.2, 0) is 0 Å². The number of ketones is 1. The molecule has 0 radical (unpaired) electrons. The molecule has 4 heteroatoms. The quantitative estimate of drug-likeness (QED) is 0.743. The van der Waals surface area contributed by atoms with Crippen LogP contribution in [0.2, 0.25) is 0 Å². The highest BCUT2D eigenvalue weighted by Crippen LogP contribution is 2.24. The second kappa shape index (κ2) is 8.19. The average molecular weight is 350 g/mol. The minimum absolute atomic E-state index is 0.153. The third kappa shape index (κ3) is 4.33. The molecule has 0 atom stereocenters. The van der Waals surface area contributed by atoms with E-state index in [1.54, 1.807) is 7.11 Å². The Morgan fingerprint density at radius 2 is 1.77 bits per heavy atom. The van der Waals surface area contributed by atoms with Gasteiger partial charge in [0.25, 0.3) is 0 Å². The number of rotatable bonds is 6. The van der Waals surface area contributed by atoms with Gasteiger partial charge in [-0.3, -0.25) is 9.69 Å². The summed E-state index contributed by atoms with van der Waals surface area (Å²) in [5.41, 5.74) is 4.58. The normalized spacial score (nSPS) is 14.7. The van der Waals surface area contributed by atoms with Crippen LogP contribution in [0.4, 0.5) is 5.69 Å². The van der Waals surface area contributed by atoms with Gasteiger partial charge in [0.05, 0.1) is 13.7 Å². The summed E-state index contributed by atoms with van der Waals surface area (Å²) >= 11 is 0. The number of Topliss-reactive ketones (excluding diaryl/α,β-unsaturated/α-hetero) is 1. The van der Waals surface area contributed by atoms with Crippen LogP contribution >= 0.6 is 0 Å². The average Bonchev–Trinajstić information content (AvgIpc) is 2.68. The summed E-state index contributed by atoms with van der Waals surface area (Å²) in [6, 6.07) is 16.0. The number of ether oxygens (including phenoxy) is 1. The highest BCUT2D eigenvalue weighted by molar-refractivity contribution is 5.97. The fraction of sp³-hybridized carbons (Fsp3) is 0.318. The molecule has 0 saturated carbocycles. The van der Waals surface area contributed by atoms with Gasteiger partial charge < -0.3 is 9.64 Å². The lowest BCUT2D eigenvalue weighted by Gasteiger charge is -2.26. The van der Waals surface area contributed by atoms with E-state index >= 15 is 0 Å². The molecule has 0 saturated heterocycles. The van der Waals surface area contributed by atoms with Crippen LogP contribution < -0.4 is 9.64 Å². The van der Waals surface area contributed by atoms with Crippen molar-refractivity contribution in [1.82, 2.24) is 4.90 Å². The van der Waals surface area contributed by atoms with Gasteiger partial charge in [-0.15, -0.1) is 0 Å². The summed E-state index contributed by atoms with van der Waals surface area (Å²) < 4.78 is 5.14. The zero-order valence-corrected chi connectivity index (χ0v) is 15.7. The van der Waals surface area contributed by atoms with Gasteiger partial charge in [0.15, 0.2) is 5.78 Å². The first-order valence-electron chi connectivity index (χ1n) is 8.93. The number of hydrogen-bond donors (Lipinski definition) is 0. The fourth-order valence-corrected chi connectivity index (χ4v) is 3.16. The van der Waals surface area contributed by atoms with Crippen LogP contribution in [0.25, 0.3) is 5.57 Å². The highest BCUT2D eigenvalue weighted by atomic mass is 16.5. The lowest BCUT2D eigenvalue weighted by molar-refractivity contribution is 0.0937. The van der Waals surface area contributed by atoms with Crippen molar-refractivity contribution in [3.8, 4) is 5.75 Å². The largest absolute Gasteiger partial charge is 0.497 e. The molecule has 3 rings (SSSR count). The number of anilines is 1. The Bertz CT molecular complexity index is 777. The Kier molecular flexibility index (Phi) is 5.74. The number of methoxy groups -OCH3 is 1. The summed E-state index contributed by atoms with van der Waals surface area (Å²) in [5.74, 6) is 0.923. The van der Waals surface area contributed by atoms with Gasteiger partial charge in [-0.2, -0.15) is 0 Å². The lowest BCUT2D eigenvalue weighted by atomic mass is 9.98. The van der Waals surface area contributed by atoms with Gasteiger partial charge >= 0.3 is 0 Å². The van der Waals surface area contributed by atoms with E-state index in [2.05, 4.69) is 40.1 Å². The Labute approximate surface area is 155 Å². The zero-order valence-electron chi connectivity index (χ0n) is 15.7. The third-order valence-electron chi connectivity index (χ3n) is 4.83. The van der Waals surface area contributed by atoms with Crippen molar-refractivity contribution < 1.29 is 9.53 Å². The maximum atomic E-state index is 12.5. The van der Waals surface area contributed by atoms with Crippen molar-refractivity contribution in [3.05, 3.63) is 65.7 Å². The monoisotopic (exact) mass is 350 g/mol. The molecule has 1 aliphatic heterocycles. The minimum atomic E-state index is 0.153. The molecular weight excluding hydrogens is 324 g/mol. The first kappa shape index (κ1) is 18.2. The number of hydrogen-bond acceptors (Lipinski definition) is 4. The van der Waals surface area contributed by atoms with Gasteiger partial charge in [0.2, 0.25) is 0 Å². The van der Waals surface area contributed by atoms with E-state index in [4.69, 9.17) is 4.74 Å². The van der Waals surface area contributed by atoms with Crippen LogP contribution in [0, 0.1) is 0 Å². The molecule has 0 amide bonds. The molecule has 4 nitrogen and oxygen atoms in total. The summed E-state index contributed by atoms with van der Waals surface area (Å²) in [7, 11) is 5.72. The second-order valence-corrected chi connectivity index (χ2v) is 6.81. The maximum absolute atomic E-state index is 12.5. The van der Waals surface area contributed by atoms with Crippen molar-refractivity contribution in [3.63, 3.8) is 0 Å². The summed E-state index contributed by atoms with van der Waals surface area (Å²) in [5, 5.41) is 0. The number of benzene rings is 2. The van der Waals surface area contributed by atoms with Crippen molar-refractivity contribution in [2.24, 2.45) is 0 Å². The molecule has 1 aliphatic rings. The number of carbonyl (C=O) groups excluding carboxylic acids is 1. The molecule has 2 aromatic carbocycles. The topological polar surface area (TPSA) is 32.8 Å². The first-order valence-corrected chi connectivity index (χ1v) is 8.93. The van der Waals surface area contributed by atoms with E-state index in [1.165, 1.54) is 16.8 Å². The van der Waals surface area contributed by atoms with E-state index in [9.17, 15) is 4.79 Å². The van der Waals surface area contributed by atoms with Gasteiger partial charge in [-0.05, 0) is 54.0 Å². The van der Waals surface area contributed by atoms with Crippen LogP contribution in [0.15, 0.2) is 54.6 Å². The van der Waals surface area contributed by atoms with E-state index in [1.807, 2.05) is 38.4 Å². The predicted molar refractivity (Wildman–Crippen MR) is 107 cm³/mol. The predicted octanol–water partition coefficient (Wildman–Crippen LogP) is 3.73. The molecule has 0 unspecified atom stereocenters. The van der Waals surface area contributed by atoms with E-state index in [0.29, 0.717) is 6.54 Å². The number of carbonyl (C=O) groups is 1. The van der Waals surface area contributed by atoms with Crippen LogP contribution in [0.1, 0.15) is 22.3 Å². The molecule has 1 heterocycles. The molecule has 2 aromatic rings. The maximum Gasteiger partial charge on any atom is 0.176 e. The Balaban J connectivity index is 1.59. The van der Waals surface area contributed by atoms with E-state index < -0.39 is 0 Å². The minimum Gasteiger partial charge on any atom is -0.497 e. The van der Waals surface area contributed by atoms with E-state index in [-0.39, 0.29) is 5.78 Å². The fourth-order valence-electron chi connectivity index (χ4n) is 3.16. The van der Waals surface area contributed by atoms with Crippen molar-refractivity contribution in [1.29, 1.82) is 0 Å². The van der Waals surface area contributed by atoms with Crippen molar-refractivity contribution in [2.45, 2.75) is 6.42 Å². The van der Waals surface area contributed by atoms with Gasteiger partial charge in [-0.1, -0.05) is 18.2 Å². The van der Waals surface area contributed by atoms with E-state index in [0.717, 1.165) is 30.8 Å². The molecule has 0 aliphatic carbocycles. The molecule has 0 bridgehead atoms. The lowest BCUT2D eigenvalue weighted by Crippen LogP contribution is -2.33.